The van der Waals surface area contributed by atoms with Crippen LogP contribution in [0.15, 0.2) is 121 Å². The summed E-state index contributed by atoms with van der Waals surface area (Å²) in [5.74, 6) is 0. The van der Waals surface area contributed by atoms with Crippen molar-refractivity contribution in [3.05, 3.63) is 155 Å². The Morgan fingerprint density at radius 2 is 0.980 bits per heavy atom. The van der Waals surface area contributed by atoms with Crippen molar-refractivity contribution in [3.8, 4) is 22.5 Å². The monoisotopic (exact) mass is 646 g/mol. The highest BCUT2D eigenvalue weighted by molar-refractivity contribution is 6.14. The van der Waals surface area contributed by atoms with Gasteiger partial charge in [0.1, 0.15) is 0 Å². The molecule has 50 heavy (non-hydrogen) atoms. The SMILES string of the molecule is [C-]#[N+]c1cc([N+]#[C-])cc(-c2cc3c4ccccc4n(-c4ccccc4)c3cc2-n2c3ccc(C(C)(C)C)cc3c3cc(C(C)(C)C)ccc32)c1. The zero-order valence-electron chi connectivity index (χ0n) is 29.3. The fraction of sp³-hybridized carbons (Fsp3) is 0.174. The minimum absolute atomic E-state index is 0.0126. The summed E-state index contributed by atoms with van der Waals surface area (Å²) in [6, 6.07) is 43.0. The van der Waals surface area contributed by atoms with Gasteiger partial charge in [-0.25, -0.2) is 9.69 Å². The molecule has 8 rings (SSSR count). The fourth-order valence-corrected chi connectivity index (χ4v) is 7.37. The van der Waals surface area contributed by atoms with Crippen LogP contribution in [-0.4, -0.2) is 9.13 Å². The molecule has 0 N–H and O–H groups in total. The molecule has 242 valence electrons. The summed E-state index contributed by atoms with van der Waals surface area (Å²) in [6.45, 7) is 29.3. The number of aromatic nitrogens is 2. The standard InChI is InChI=1S/C46H38N4/c1-45(2,3)30-18-20-41-37(24-30)38-25-31(46(4,5)6)19-21-42(38)50(41)43-28-44-39(27-36(43)29-22-32(47-7)26-33(23-29)48-8)35-16-12-13-17-40(35)49(44)34-14-10-9-11-15-34/h9-28H,1-6H3. The fourth-order valence-electron chi connectivity index (χ4n) is 7.37. The van der Waals surface area contributed by atoms with Crippen molar-refractivity contribution < 1.29 is 0 Å². The minimum Gasteiger partial charge on any atom is -0.309 e. The average Bonchev–Trinajstić information content (AvgIpc) is 3.62. The van der Waals surface area contributed by atoms with Gasteiger partial charge in [-0.3, -0.25) is 0 Å². The van der Waals surface area contributed by atoms with Crippen molar-refractivity contribution in [2.24, 2.45) is 0 Å². The van der Waals surface area contributed by atoms with Gasteiger partial charge in [0.15, 0.2) is 11.4 Å². The molecule has 0 atom stereocenters. The lowest BCUT2D eigenvalue weighted by Gasteiger charge is -2.20. The molecule has 2 heterocycles. The van der Waals surface area contributed by atoms with Crippen molar-refractivity contribution in [2.75, 3.05) is 0 Å². The van der Waals surface area contributed by atoms with E-state index in [1.54, 1.807) is 6.07 Å². The first-order chi connectivity index (χ1) is 24.0. The van der Waals surface area contributed by atoms with Crippen molar-refractivity contribution in [1.29, 1.82) is 0 Å². The molecule has 4 heteroatoms. The number of para-hydroxylation sites is 2. The molecule has 0 fully saturated rings. The molecule has 2 aromatic heterocycles. The molecule has 0 aliphatic rings. The van der Waals surface area contributed by atoms with Crippen LogP contribution in [0.1, 0.15) is 52.7 Å². The smallest absolute Gasteiger partial charge is 0.177 e. The Morgan fingerprint density at radius 3 is 1.54 bits per heavy atom. The van der Waals surface area contributed by atoms with Crippen molar-refractivity contribution in [3.63, 3.8) is 0 Å². The first-order valence-corrected chi connectivity index (χ1v) is 17.1. The van der Waals surface area contributed by atoms with Crippen LogP contribution in [0.3, 0.4) is 0 Å². The third kappa shape index (κ3) is 4.96. The van der Waals surface area contributed by atoms with Gasteiger partial charge in [0, 0.05) is 32.8 Å². The van der Waals surface area contributed by atoms with Crippen LogP contribution < -0.4 is 0 Å². The summed E-state index contributed by atoms with van der Waals surface area (Å²) in [5.41, 5.74) is 11.8. The van der Waals surface area contributed by atoms with Gasteiger partial charge in [-0.1, -0.05) is 108 Å². The lowest BCUT2D eigenvalue weighted by atomic mass is 9.85. The van der Waals surface area contributed by atoms with Gasteiger partial charge in [0.2, 0.25) is 0 Å². The topological polar surface area (TPSA) is 18.6 Å². The van der Waals surface area contributed by atoms with E-state index in [9.17, 15) is 0 Å². The highest BCUT2D eigenvalue weighted by Gasteiger charge is 2.24. The van der Waals surface area contributed by atoms with Crippen LogP contribution in [-0.2, 0) is 10.8 Å². The van der Waals surface area contributed by atoms with Gasteiger partial charge in [-0.15, -0.1) is 0 Å². The van der Waals surface area contributed by atoms with Crippen molar-refractivity contribution >= 4 is 55.0 Å². The van der Waals surface area contributed by atoms with Crippen LogP contribution in [0, 0.1) is 13.1 Å². The van der Waals surface area contributed by atoms with Gasteiger partial charge in [0.25, 0.3) is 0 Å². The minimum atomic E-state index is -0.0126. The number of benzene rings is 6. The summed E-state index contributed by atoms with van der Waals surface area (Å²) >= 11 is 0. The maximum Gasteiger partial charge on any atom is 0.177 e. The Bertz CT molecular complexity index is 2630. The lowest BCUT2D eigenvalue weighted by Crippen LogP contribution is -2.10. The maximum absolute atomic E-state index is 7.88. The third-order valence-corrected chi connectivity index (χ3v) is 10.0. The highest BCUT2D eigenvalue weighted by atomic mass is 15.0. The van der Waals surface area contributed by atoms with Crippen molar-refractivity contribution in [1.82, 2.24) is 9.13 Å². The van der Waals surface area contributed by atoms with E-state index in [1.807, 2.05) is 12.1 Å². The van der Waals surface area contributed by atoms with Gasteiger partial charge in [0.05, 0.1) is 40.9 Å². The molecule has 0 spiro atoms. The second-order valence-electron chi connectivity index (χ2n) is 15.3. The van der Waals surface area contributed by atoms with E-state index in [0.717, 1.165) is 55.3 Å². The molecule has 0 aliphatic heterocycles. The molecule has 6 aromatic carbocycles. The first kappa shape index (κ1) is 31.2. The molecular formula is C46H38N4. The molecule has 0 radical (unpaired) electrons. The zero-order chi connectivity index (χ0) is 34.9. The Hall–Kier alpha value is -6.10. The van der Waals surface area contributed by atoms with Gasteiger partial charge in [-0.05, 0) is 82.1 Å². The number of fused-ring (bicyclic) bond motifs is 6. The summed E-state index contributed by atoms with van der Waals surface area (Å²) < 4.78 is 4.74. The second-order valence-corrected chi connectivity index (χ2v) is 15.3. The Balaban J connectivity index is 1.58. The van der Waals surface area contributed by atoms with E-state index in [1.165, 1.54) is 21.9 Å². The van der Waals surface area contributed by atoms with E-state index in [-0.39, 0.29) is 10.8 Å². The van der Waals surface area contributed by atoms with Crippen LogP contribution in [0.5, 0.6) is 0 Å². The first-order valence-electron chi connectivity index (χ1n) is 17.1. The van der Waals surface area contributed by atoms with E-state index in [2.05, 4.69) is 163 Å². The van der Waals surface area contributed by atoms with Crippen LogP contribution >= 0.6 is 0 Å². The Kier molecular flexibility index (Phi) is 7.00. The summed E-state index contributed by atoms with van der Waals surface area (Å²) in [6.07, 6.45) is 0. The quantitative estimate of drug-likeness (QED) is 0.170. The van der Waals surface area contributed by atoms with Crippen LogP contribution in [0.4, 0.5) is 11.4 Å². The highest BCUT2D eigenvalue weighted by Crippen LogP contribution is 2.44. The Morgan fingerprint density at radius 1 is 0.460 bits per heavy atom. The molecule has 0 saturated carbocycles. The molecular weight excluding hydrogens is 609 g/mol. The molecule has 0 amide bonds. The largest absolute Gasteiger partial charge is 0.309 e. The number of hydrogen-bond acceptors (Lipinski definition) is 0. The molecule has 4 nitrogen and oxygen atoms in total. The normalized spacial score (nSPS) is 12.2. The van der Waals surface area contributed by atoms with Gasteiger partial charge < -0.3 is 9.13 Å². The third-order valence-electron chi connectivity index (χ3n) is 10.0. The van der Waals surface area contributed by atoms with E-state index in [0.29, 0.717) is 11.4 Å². The predicted molar refractivity (Wildman–Crippen MR) is 210 cm³/mol. The van der Waals surface area contributed by atoms with Crippen molar-refractivity contribution in [2.45, 2.75) is 52.4 Å². The zero-order valence-corrected chi connectivity index (χ0v) is 29.3. The molecule has 0 bridgehead atoms. The average molecular weight is 647 g/mol. The van der Waals surface area contributed by atoms with Crippen LogP contribution in [0.2, 0.25) is 0 Å². The molecule has 0 aliphatic carbocycles. The number of rotatable bonds is 3. The lowest BCUT2D eigenvalue weighted by molar-refractivity contribution is 0.590. The Labute approximate surface area is 293 Å². The molecule has 0 unspecified atom stereocenters. The van der Waals surface area contributed by atoms with Gasteiger partial charge >= 0.3 is 0 Å². The van der Waals surface area contributed by atoms with E-state index in [4.69, 9.17) is 13.1 Å². The molecule has 0 saturated heterocycles. The summed E-state index contributed by atoms with van der Waals surface area (Å²) in [7, 11) is 0. The van der Waals surface area contributed by atoms with E-state index < -0.39 is 0 Å². The van der Waals surface area contributed by atoms with Crippen LogP contribution in [0.25, 0.3) is 75.8 Å². The van der Waals surface area contributed by atoms with E-state index >= 15 is 0 Å². The number of hydrogen-bond donors (Lipinski definition) is 0. The number of nitrogens with zero attached hydrogens (tertiary/aromatic N) is 4. The molecule has 8 aromatic rings. The van der Waals surface area contributed by atoms with Gasteiger partial charge in [-0.2, -0.15) is 0 Å². The summed E-state index contributed by atoms with van der Waals surface area (Å²) in [5, 5.41) is 4.69. The predicted octanol–water partition coefficient (Wildman–Crippen LogP) is 13.2. The maximum atomic E-state index is 7.88. The second kappa shape index (κ2) is 11.2. The summed E-state index contributed by atoms with van der Waals surface area (Å²) in [4.78, 5) is 7.55.